The lowest BCUT2D eigenvalue weighted by Gasteiger charge is -2.50. The maximum absolute atomic E-state index is 13.0. The number of aliphatic hydroxyl groups is 1. The van der Waals surface area contributed by atoms with Gasteiger partial charge in [-0.05, 0) is 50.6 Å². The number of hydrogen-bond donors (Lipinski definition) is 1. The van der Waals surface area contributed by atoms with Crippen molar-refractivity contribution < 1.29 is 19.4 Å². The molecule has 0 radical (unpaired) electrons. The Hall–Kier alpha value is -2.97. The molecule has 0 aliphatic carbocycles. The molecular weight excluding hydrogens is 438 g/mol. The standard InChI is InChI=1S/C25H29N3O4S/c1-16(2)27(19-9-7-6-8-10-19)25(30)15-33-24-26-17(3)21(23(29)32-5)22(28(24)25)18-11-13-20(31-4)14-12-18/h6-14,16,22,30H,15H2,1-5H3/t22-,25-/m1/s1. The summed E-state index contributed by atoms with van der Waals surface area (Å²) >= 11 is 1.48. The van der Waals surface area contributed by atoms with Gasteiger partial charge in [0, 0.05) is 11.7 Å². The van der Waals surface area contributed by atoms with Crippen LogP contribution < -0.4 is 9.64 Å². The van der Waals surface area contributed by atoms with Crippen molar-refractivity contribution >= 4 is 28.6 Å². The highest BCUT2D eigenvalue weighted by molar-refractivity contribution is 8.14. The summed E-state index contributed by atoms with van der Waals surface area (Å²) in [5.74, 6) is -0.814. The number of methoxy groups -OCH3 is 2. The molecule has 174 valence electrons. The molecule has 2 aliphatic rings. The van der Waals surface area contributed by atoms with Crippen molar-refractivity contribution in [3.8, 4) is 5.75 Å². The van der Waals surface area contributed by atoms with Gasteiger partial charge >= 0.3 is 5.97 Å². The third kappa shape index (κ3) is 3.98. The molecule has 33 heavy (non-hydrogen) atoms. The number of aliphatic imine (C=N–C) groups is 1. The van der Waals surface area contributed by atoms with Crippen LogP contribution in [0.15, 0.2) is 70.9 Å². The highest BCUT2D eigenvalue weighted by Gasteiger charge is 2.55. The van der Waals surface area contributed by atoms with E-state index in [1.54, 1.807) is 7.11 Å². The summed E-state index contributed by atoms with van der Waals surface area (Å²) < 4.78 is 10.5. The zero-order chi connectivity index (χ0) is 23.8. The Kier molecular flexibility index (Phi) is 6.41. The lowest BCUT2D eigenvalue weighted by molar-refractivity contribution is -0.138. The van der Waals surface area contributed by atoms with Crippen molar-refractivity contribution in [3.63, 3.8) is 0 Å². The highest BCUT2D eigenvalue weighted by atomic mass is 32.2. The molecule has 1 N–H and O–H groups in total. The van der Waals surface area contributed by atoms with E-state index in [2.05, 4.69) is 0 Å². The van der Waals surface area contributed by atoms with E-state index in [4.69, 9.17) is 14.5 Å². The minimum atomic E-state index is -1.43. The van der Waals surface area contributed by atoms with Crippen LogP contribution in [0, 0.1) is 0 Å². The Morgan fingerprint density at radius 3 is 2.42 bits per heavy atom. The summed E-state index contributed by atoms with van der Waals surface area (Å²) in [6, 6.07) is 16.7. The molecule has 2 heterocycles. The molecule has 2 aromatic carbocycles. The van der Waals surface area contributed by atoms with Crippen molar-refractivity contribution in [2.75, 3.05) is 24.9 Å². The van der Waals surface area contributed by atoms with Gasteiger partial charge in [-0.3, -0.25) is 4.90 Å². The summed E-state index contributed by atoms with van der Waals surface area (Å²) in [5.41, 5.74) is 2.71. The van der Waals surface area contributed by atoms with Gasteiger partial charge in [-0.25, -0.2) is 9.79 Å². The Morgan fingerprint density at radius 2 is 1.85 bits per heavy atom. The van der Waals surface area contributed by atoms with Gasteiger partial charge in [0.05, 0.1) is 37.3 Å². The van der Waals surface area contributed by atoms with Crippen LogP contribution in [-0.4, -0.2) is 53.0 Å². The van der Waals surface area contributed by atoms with Gasteiger partial charge in [-0.2, -0.15) is 0 Å². The fraction of sp³-hybridized carbons (Fsp3) is 0.360. The number of esters is 1. The smallest absolute Gasteiger partial charge is 0.338 e. The number of benzene rings is 2. The van der Waals surface area contributed by atoms with Crippen molar-refractivity contribution in [1.82, 2.24) is 4.90 Å². The molecule has 0 amide bonds. The molecule has 4 rings (SSSR count). The average molecular weight is 468 g/mol. The van der Waals surface area contributed by atoms with Gasteiger partial charge in [0.25, 0.3) is 0 Å². The SMILES string of the molecule is COC(=O)C1=C(C)N=C2SC[C@@](O)(N(c3ccccc3)C(C)C)N2[C@@H]1c1ccc(OC)cc1. The van der Waals surface area contributed by atoms with Crippen molar-refractivity contribution in [3.05, 3.63) is 71.4 Å². The number of para-hydroxylation sites is 1. The first-order chi connectivity index (χ1) is 15.8. The van der Waals surface area contributed by atoms with Crippen LogP contribution in [-0.2, 0) is 9.53 Å². The number of thioether (sulfide) groups is 1. The van der Waals surface area contributed by atoms with Crippen LogP contribution in [0.25, 0.3) is 0 Å². The predicted octanol–water partition coefficient (Wildman–Crippen LogP) is 4.16. The molecule has 0 saturated carbocycles. The number of allylic oxidation sites excluding steroid dienone is 1. The second-order valence-electron chi connectivity index (χ2n) is 8.29. The second kappa shape index (κ2) is 9.11. The number of amidine groups is 1. The number of hydrogen-bond acceptors (Lipinski definition) is 8. The van der Waals surface area contributed by atoms with E-state index in [1.807, 2.05) is 85.2 Å². The molecule has 2 atom stereocenters. The van der Waals surface area contributed by atoms with Crippen LogP contribution in [0.4, 0.5) is 5.69 Å². The first-order valence-electron chi connectivity index (χ1n) is 10.8. The van der Waals surface area contributed by atoms with Crippen LogP contribution >= 0.6 is 11.8 Å². The Morgan fingerprint density at radius 1 is 1.18 bits per heavy atom. The number of carbonyl (C=O) groups is 1. The van der Waals surface area contributed by atoms with E-state index in [1.165, 1.54) is 18.9 Å². The summed E-state index contributed by atoms with van der Waals surface area (Å²) in [6.45, 7) is 5.89. The molecule has 7 nitrogen and oxygen atoms in total. The normalized spacial score (nSPS) is 22.2. The number of anilines is 1. The Labute approximate surface area is 198 Å². The number of nitrogens with zero attached hydrogens (tertiary/aromatic N) is 3. The second-order valence-corrected chi connectivity index (χ2v) is 9.24. The van der Waals surface area contributed by atoms with Crippen LogP contribution in [0.1, 0.15) is 32.4 Å². The van der Waals surface area contributed by atoms with E-state index in [0.717, 1.165) is 11.3 Å². The van der Waals surface area contributed by atoms with Gasteiger partial charge in [0.2, 0.25) is 5.85 Å². The van der Waals surface area contributed by atoms with E-state index < -0.39 is 17.9 Å². The topological polar surface area (TPSA) is 74.6 Å². The maximum Gasteiger partial charge on any atom is 0.338 e. The van der Waals surface area contributed by atoms with Gasteiger partial charge < -0.3 is 19.5 Å². The van der Waals surface area contributed by atoms with Crippen molar-refractivity contribution in [1.29, 1.82) is 0 Å². The summed E-state index contributed by atoms with van der Waals surface area (Å²) in [4.78, 5) is 21.5. The summed E-state index contributed by atoms with van der Waals surface area (Å²) in [5, 5.41) is 13.0. The highest BCUT2D eigenvalue weighted by Crippen LogP contribution is 2.48. The van der Waals surface area contributed by atoms with E-state index in [9.17, 15) is 9.90 Å². The molecule has 2 aliphatic heterocycles. The molecule has 0 unspecified atom stereocenters. The van der Waals surface area contributed by atoms with Gasteiger partial charge in [-0.1, -0.05) is 42.1 Å². The van der Waals surface area contributed by atoms with Gasteiger partial charge in [0.1, 0.15) is 5.75 Å². The Bertz CT molecular complexity index is 1080. The van der Waals surface area contributed by atoms with Crippen LogP contribution in [0.3, 0.4) is 0 Å². The quantitative estimate of drug-likeness (QED) is 0.505. The van der Waals surface area contributed by atoms with Crippen LogP contribution in [0.5, 0.6) is 5.75 Å². The fourth-order valence-corrected chi connectivity index (χ4v) is 5.74. The molecule has 0 bridgehead atoms. The predicted molar refractivity (Wildman–Crippen MR) is 131 cm³/mol. The van der Waals surface area contributed by atoms with Crippen molar-refractivity contribution in [2.45, 2.75) is 38.7 Å². The molecule has 1 saturated heterocycles. The minimum absolute atomic E-state index is 0.0255. The number of rotatable bonds is 6. The fourth-order valence-electron chi connectivity index (χ4n) is 4.55. The Balaban J connectivity index is 1.90. The molecule has 8 heteroatoms. The molecule has 1 fully saturated rings. The lowest BCUT2D eigenvalue weighted by Crippen LogP contribution is -2.64. The molecule has 0 aromatic heterocycles. The molecular formula is C25H29N3O4S. The third-order valence-corrected chi connectivity index (χ3v) is 7.02. The van der Waals surface area contributed by atoms with E-state index in [-0.39, 0.29) is 6.04 Å². The zero-order valence-electron chi connectivity index (χ0n) is 19.5. The molecule has 2 aromatic rings. The van der Waals surface area contributed by atoms with E-state index >= 15 is 0 Å². The number of fused-ring (bicyclic) bond motifs is 1. The average Bonchev–Trinajstić information content (AvgIpc) is 3.14. The first-order valence-corrected chi connectivity index (χ1v) is 11.8. The molecule has 0 spiro atoms. The van der Waals surface area contributed by atoms with Gasteiger partial charge in [0.15, 0.2) is 5.17 Å². The number of carbonyl (C=O) groups excluding carboxylic acids is 1. The first kappa shape index (κ1) is 23.2. The largest absolute Gasteiger partial charge is 0.497 e. The maximum atomic E-state index is 13.0. The summed E-state index contributed by atoms with van der Waals surface area (Å²) in [7, 11) is 2.97. The number of ether oxygens (including phenoxy) is 2. The minimum Gasteiger partial charge on any atom is -0.497 e. The lowest BCUT2D eigenvalue weighted by atomic mass is 9.93. The summed E-state index contributed by atoms with van der Waals surface area (Å²) in [6.07, 6.45) is 0. The monoisotopic (exact) mass is 467 g/mol. The van der Waals surface area contributed by atoms with Crippen molar-refractivity contribution in [2.24, 2.45) is 4.99 Å². The van der Waals surface area contributed by atoms with Crippen LogP contribution in [0.2, 0.25) is 0 Å². The zero-order valence-corrected chi connectivity index (χ0v) is 20.3. The third-order valence-electron chi connectivity index (χ3n) is 5.95. The van der Waals surface area contributed by atoms with E-state index in [0.29, 0.717) is 27.9 Å². The van der Waals surface area contributed by atoms with Gasteiger partial charge in [-0.15, -0.1) is 0 Å².